The van der Waals surface area contributed by atoms with E-state index in [1.807, 2.05) is 30.3 Å². The van der Waals surface area contributed by atoms with Crippen LogP contribution in [0.15, 0.2) is 59.5 Å². The average Bonchev–Trinajstić information content (AvgIpc) is 3.03. The standard InChI is InChI=1S/C19H17N3O4/c23-18(21-14-6-7-16-17(10-14)26-9-8-25-16)15-11-20-19(24)22(15)12-13-4-2-1-3-5-13/h1-7,10-11H,8-9,12H2,(H,20,24)(H,21,23). The van der Waals surface area contributed by atoms with Crippen LogP contribution >= 0.6 is 0 Å². The summed E-state index contributed by atoms with van der Waals surface area (Å²) in [6.45, 7) is 1.29. The molecule has 0 radical (unpaired) electrons. The summed E-state index contributed by atoms with van der Waals surface area (Å²) in [5.41, 5.74) is 1.43. The normalized spacial score (nSPS) is 12.6. The molecule has 7 heteroatoms. The Kier molecular flexibility index (Phi) is 4.18. The smallest absolute Gasteiger partial charge is 0.326 e. The average molecular weight is 351 g/mol. The lowest BCUT2D eigenvalue weighted by Gasteiger charge is -2.19. The highest BCUT2D eigenvalue weighted by Gasteiger charge is 2.17. The molecule has 2 aromatic carbocycles. The van der Waals surface area contributed by atoms with Crippen molar-refractivity contribution in [2.45, 2.75) is 6.54 Å². The monoisotopic (exact) mass is 351 g/mol. The maximum Gasteiger partial charge on any atom is 0.326 e. The Hall–Kier alpha value is -3.48. The van der Waals surface area contributed by atoms with Crippen molar-refractivity contribution in [2.24, 2.45) is 0 Å². The number of anilines is 1. The van der Waals surface area contributed by atoms with E-state index in [0.29, 0.717) is 36.9 Å². The number of nitrogens with zero attached hydrogens (tertiary/aromatic N) is 1. The minimum atomic E-state index is -0.379. The van der Waals surface area contributed by atoms with Gasteiger partial charge in [0.25, 0.3) is 5.91 Å². The van der Waals surface area contributed by atoms with E-state index < -0.39 is 0 Å². The maximum absolute atomic E-state index is 12.6. The first-order chi connectivity index (χ1) is 12.7. The van der Waals surface area contributed by atoms with Crippen molar-refractivity contribution < 1.29 is 14.3 Å². The molecule has 0 unspecified atom stereocenters. The van der Waals surface area contributed by atoms with Crippen LogP contribution in [-0.2, 0) is 6.54 Å². The molecule has 0 bridgehead atoms. The zero-order chi connectivity index (χ0) is 17.9. The SMILES string of the molecule is O=C(Nc1ccc2c(c1)OCCO2)c1c[nH]c(=O)n1Cc1ccccc1. The third-order valence-electron chi connectivity index (χ3n) is 4.08. The highest BCUT2D eigenvalue weighted by atomic mass is 16.6. The van der Waals surface area contributed by atoms with Crippen LogP contribution in [0.1, 0.15) is 16.1 Å². The quantitative estimate of drug-likeness (QED) is 0.755. The van der Waals surface area contributed by atoms with Crippen LogP contribution in [0.5, 0.6) is 11.5 Å². The number of aromatic amines is 1. The van der Waals surface area contributed by atoms with Gasteiger partial charge in [-0.2, -0.15) is 0 Å². The van der Waals surface area contributed by atoms with Crippen molar-refractivity contribution in [1.82, 2.24) is 9.55 Å². The Morgan fingerprint density at radius 3 is 2.65 bits per heavy atom. The lowest BCUT2D eigenvalue weighted by atomic mass is 10.2. The fourth-order valence-corrected chi connectivity index (χ4v) is 2.82. The lowest BCUT2D eigenvalue weighted by molar-refractivity contribution is 0.101. The van der Waals surface area contributed by atoms with E-state index in [4.69, 9.17) is 9.47 Å². The van der Waals surface area contributed by atoms with Crippen LogP contribution < -0.4 is 20.5 Å². The second-order valence-corrected chi connectivity index (χ2v) is 5.86. The molecule has 132 valence electrons. The van der Waals surface area contributed by atoms with Crippen molar-refractivity contribution in [1.29, 1.82) is 0 Å². The highest BCUT2D eigenvalue weighted by molar-refractivity contribution is 6.03. The molecule has 0 spiro atoms. The summed E-state index contributed by atoms with van der Waals surface area (Å²) in [6, 6.07) is 14.7. The largest absolute Gasteiger partial charge is 0.486 e. The predicted molar refractivity (Wildman–Crippen MR) is 96.0 cm³/mol. The summed E-state index contributed by atoms with van der Waals surface area (Å²) >= 11 is 0. The number of aromatic nitrogens is 2. The highest BCUT2D eigenvalue weighted by Crippen LogP contribution is 2.32. The molecule has 4 rings (SSSR count). The molecule has 1 amide bonds. The van der Waals surface area contributed by atoms with Crippen molar-refractivity contribution in [3.63, 3.8) is 0 Å². The summed E-state index contributed by atoms with van der Waals surface area (Å²) in [6.07, 6.45) is 1.42. The number of carbonyl (C=O) groups excluding carboxylic acids is 1. The Morgan fingerprint density at radius 2 is 1.85 bits per heavy atom. The number of nitrogens with one attached hydrogen (secondary N) is 2. The van der Waals surface area contributed by atoms with Gasteiger partial charge in [0.15, 0.2) is 11.5 Å². The number of carbonyl (C=O) groups is 1. The van der Waals surface area contributed by atoms with Crippen LogP contribution in [0, 0.1) is 0 Å². The molecule has 7 nitrogen and oxygen atoms in total. The number of rotatable bonds is 4. The summed E-state index contributed by atoms with van der Waals surface area (Å²) in [4.78, 5) is 27.3. The molecular formula is C19H17N3O4. The molecule has 0 atom stereocenters. The van der Waals surface area contributed by atoms with E-state index in [-0.39, 0.29) is 17.3 Å². The molecule has 1 aromatic heterocycles. The molecule has 0 saturated heterocycles. The van der Waals surface area contributed by atoms with Gasteiger partial charge in [0, 0.05) is 18.0 Å². The van der Waals surface area contributed by atoms with E-state index in [0.717, 1.165) is 5.56 Å². The number of fused-ring (bicyclic) bond motifs is 1. The van der Waals surface area contributed by atoms with Gasteiger partial charge in [0.05, 0.1) is 6.54 Å². The molecule has 1 aliphatic heterocycles. The number of H-pyrrole nitrogens is 1. The minimum absolute atomic E-state index is 0.258. The fraction of sp³-hybridized carbons (Fsp3) is 0.158. The van der Waals surface area contributed by atoms with Crippen LogP contribution in [0.3, 0.4) is 0 Å². The van der Waals surface area contributed by atoms with Crippen molar-refractivity contribution in [3.8, 4) is 11.5 Å². The minimum Gasteiger partial charge on any atom is -0.486 e. The van der Waals surface area contributed by atoms with E-state index in [9.17, 15) is 9.59 Å². The number of amides is 1. The van der Waals surface area contributed by atoms with Gasteiger partial charge < -0.3 is 19.8 Å². The van der Waals surface area contributed by atoms with Crippen LogP contribution in [0.25, 0.3) is 0 Å². The van der Waals surface area contributed by atoms with E-state index >= 15 is 0 Å². The summed E-state index contributed by atoms with van der Waals surface area (Å²) < 4.78 is 12.4. The Bertz CT molecular complexity index is 992. The van der Waals surface area contributed by atoms with Gasteiger partial charge in [-0.25, -0.2) is 4.79 Å². The zero-order valence-corrected chi connectivity index (χ0v) is 13.9. The van der Waals surface area contributed by atoms with Gasteiger partial charge in [-0.15, -0.1) is 0 Å². The van der Waals surface area contributed by atoms with Crippen LogP contribution in [0.2, 0.25) is 0 Å². The predicted octanol–water partition coefficient (Wildman–Crippen LogP) is 2.25. The van der Waals surface area contributed by atoms with E-state index in [2.05, 4.69) is 10.3 Å². The third kappa shape index (κ3) is 3.19. The number of hydrogen-bond acceptors (Lipinski definition) is 4. The molecular weight excluding hydrogens is 334 g/mol. The van der Waals surface area contributed by atoms with Crippen LogP contribution in [0.4, 0.5) is 5.69 Å². The van der Waals surface area contributed by atoms with Gasteiger partial charge in [-0.05, 0) is 17.7 Å². The van der Waals surface area contributed by atoms with Gasteiger partial charge in [0.2, 0.25) is 0 Å². The van der Waals surface area contributed by atoms with Gasteiger partial charge in [0.1, 0.15) is 18.9 Å². The zero-order valence-electron chi connectivity index (χ0n) is 13.9. The molecule has 0 fully saturated rings. The molecule has 1 aliphatic rings. The maximum atomic E-state index is 12.6. The first-order valence-corrected chi connectivity index (χ1v) is 8.24. The third-order valence-corrected chi connectivity index (χ3v) is 4.08. The summed E-state index contributed by atoms with van der Waals surface area (Å²) in [5, 5.41) is 2.79. The number of benzene rings is 2. The second kappa shape index (κ2) is 6.79. The molecule has 0 saturated carbocycles. The summed E-state index contributed by atoms with van der Waals surface area (Å²) in [7, 11) is 0. The molecule has 3 aromatic rings. The topological polar surface area (TPSA) is 85.3 Å². The summed E-state index contributed by atoms with van der Waals surface area (Å²) in [5.74, 6) is 0.859. The fourth-order valence-electron chi connectivity index (χ4n) is 2.82. The van der Waals surface area contributed by atoms with Crippen molar-refractivity contribution >= 4 is 11.6 Å². The van der Waals surface area contributed by atoms with Gasteiger partial charge >= 0.3 is 5.69 Å². The Morgan fingerprint density at radius 1 is 1.08 bits per heavy atom. The Labute approximate surface area is 149 Å². The molecule has 26 heavy (non-hydrogen) atoms. The van der Waals surface area contributed by atoms with Crippen molar-refractivity contribution in [2.75, 3.05) is 18.5 Å². The molecule has 2 N–H and O–H groups in total. The van der Waals surface area contributed by atoms with Crippen LogP contribution in [-0.4, -0.2) is 28.7 Å². The first kappa shape index (κ1) is 16.0. The van der Waals surface area contributed by atoms with Gasteiger partial charge in [-0.3, -0.25) is 9.36 Å². The second-order valence-electron chi connectivity index (χ2n) is 5.86. The Balaban J connectivity index is 1.56. The number of imidazole rings is 1. The van der Waals surface area contributed by atoms with Crippen molar-refractivity contribution in [3.05, 3.63) is 76.5 Å². The molecule has 0 aliphatic carbocycles. The lowest BCUT2D eigenvalue weighted by Crippen LogP contribution is -2.24. The number of ether oxygens (including phenoxy) is 2. The number of hydrogen-bond donors (Lipinski definition) is 2. The van der Waals surface area contributed by atoms with Gasteiger partial charge in [-0.1, -0.05) is 30.3 Å². The van der Waals surface area contributed by atoms with E-state index in [1.165, 1.54) is 10.8 Å². The first-order valence-electron chi connectivity index (χ1n) is 8.24. The molecule has 2 heterocycles. The van der Waals surface area contributed by atoms with E-state index in [1.54, 1.807) is 18.2 Å².